The minimum atomic E-state index is -0.620. The third-order valence-electron chi connectivity index (χ3n) is 3.87. The highest BCUT2D eigenvalue weighted by Crippen LogP contribution is 2.36. The van der Waals surface area contributed by atoms with Crippen LogP contribution in [0.25, 0.3) is 0 Å². The van der Waals surface area contributed by atoms with E-state index < -0.39 is 11.4 Å². The maximum atomic E-state index is 11.6. The lowest BCUT2D eigenvalue weighted by atomic mass is 9.76. The van der Waals surface area contributed by atoms with Crippen LogP contribution in [-0.4, -0.2) is 29.1 Å². The average Bonchev–Trinajstić information content (AvgIpc) is 2.75. The van der Waals surface area contributed by atoms with Crippen LogP contribution in [0.1, 0.15) is 38.2 Å². The van der Waals surface area contributed by atoms with Crippen molar-refractivity contribution in [1.29, 1.82) is 0 Å². The first-order valence-electron chi connectivity index (χ1n) is 6.74. The molecule has 2 rings (SSSR count). The molecule has 0 saturated carbocycles. The molecule has 5 heteroatoms. The number of likely N-dealkylation sites (tertiary alicyclic amines) is 1. The molecule has 3 nitrogen and oxygen atoms in total. The Labute approximate surface area is 126 Å². The molecule has 1 aliphatic rings. The molecule has 106 valence electrons. The summed E-state index contributed by atoms with van der Waals surface area (Å²) in [5, 5.41) is 11.7. The van der Waals surface area contributed by atoms with Crippen LogP contribution in [0.3, 0.4) is 0 Å². The average molecular weight is 346 g/mol. The Balaban J connectivity index is 2.05. The van der Waals surface area contributed by atoms with E-state index in [1.807, 2.05) is 0 Å². The van der Waals surface area contributed by atoms with Gasteiger partial charge in [-0.3, -0.25) is 9.69 Å². The molecule has 2 heterocycles. The summed E-state index contributed by atoms with van der Waals surface area (Å²) in [6.07, 6.45) is 3.52. The summed E-state index contributed by atoms with van der Waals surface area (Å²) in [6, 6.07) is 2.13. The van der Waals surface area contributed by atoms with Crippen LogP contribution in [-0.2, 0) is 11.3 Å². The second-order valence-corrected chi connectivity index (χ2v) is 7.70. The highest BCUT2D eigenvalue weighted by Gasteiger charge is 2.41. The number of halogens is 1. The van der Waals surface area contributed by atoms with E-state index in [0.717, 1.165) is 42.6 Å². The van der Waals surface area contributed by atoms with Gasteiger partial charge in [-0.25, -0.2) is 0 Å². The van der Waals surface area contributed by atoms with Crippen molar-refractivity contribution in [3.8, 4) is 0 Å². The monoisotopic (exact) mass is 345 g/mol. The highest BCUT2D eigenvalue weighted by molar-refractivity contribution is 9.11. The summed E-state index contributed by atoms with van der Waals surface area (Å²) < 4.78 is 1.14. The molecule has 1 unspecified atom stereocenters. The second-order valence-electron chi connectivity index (χ2n) is 5.41. The Morgan fingerprint density at radius 1 is 1.63 bits per heavy atom. The van der Waals surface area contributed by atoms with Crippen molar-refractivity contribution < 1.29 is 9.90 Å². The lowest BCUT2D eigenvalue weighted by molar-refractivity contribution is -0.153. The number of piperidine rings is 1. The number of aliphatic carboxylic acids is 1. The maximum Gasteiger partial charge on any atom is 0.310 e. The van der Waals surface area contributed by atoms with E-state index in [-0.39, 0.29) is 0 Å². The van der Waals surface area contributed by atoms with Crippen molar-refractivity contribution in [2.75, 3.05) is 13.1 Å². The van der Waals surface area contributed by atoms with E-state index >= 15 is 0 Å². The summed E-state index contributed by atoms with van der Waals surface area (Å²) in [6.45, 7) is 4.62. The molecule has 0 aromatic carbocycles. The van der Waals surface area contributed by atoms with Gasteiger partial charge in [-0.15, -0.1) is 11.3 Å². The molecule has 0 amide bonds. The van der Waals surface area contributed by atoms with Crippen LogP contribution in [0.4, 0.5) is 0 Å². The molecule has 0 spiro atoms. The van der Waals surface area contributed by atoms with Crippen molar-refractivity contribution in [2.45, 2.75) is 39.2 Å². The van der Waals surface area contributed by atoms with Crippen LogP contribution < -0.4 is 0 Å². The summed E-state index contributed by atoms with van der Waals surface area (Å²) in [4.78, 5) is 13.9. The Hall–Kier alpha value is -0.390. The molecule has 0 bridgehead atoms. The maximum absolute atomic E-state index is 11.6. The molecule has 0 aliphatic carbocycles. The molecule has 19 heavy (non-hydrogen) atoms. The number of hydrogen-bond acceptors (Lipinski definition) is 3. The van der Waals surface area contributed by atoms with E-state index in [1.54, 1.807) is 11.3 Å². The fourth-order valence-corrected chi connectivity index (χ4v) is 4.21. The molecule has 1 aliphatic heterocycles. The summed E-state index contributed by atoms with van der Waals surface area (Å²) in [5.74, 6) is -0.620. The van der Waals surface area contributed by atoms with Crippen molar-refractivity contribution in [3.05, 3.63) is 20.8 Å². The van der Waals surface area contributed by atoms with E-state index in [9.17, 15) is 9.90 Å². The Morgan fingerprint density at radius 2 is 2.42 bits per heavy atom. The zero-order valence-corrected chi connectivity index (χ0v) is 13.6. The van der Waals surface area contributed by atoms with E-state index in [1.165, 1.54) is 5.56 Å². The Bertz CT molecular complexity index is 444. The number of rotatable bonds is 5. The molecular weight excluding hydrogens is 326 g/mol. The number of carboxylic acids is 1. The first-order chi connectivity index (χ1) is 9.05. The third kappa shape index (κ3) is 3.58. The summed E-state index contributed by atoms with van der Waals surface area (Å²) in [5.41, 5.74) is 0.745. The van der Waals surface area contributed by atoms with Gasteiger partial charge >= 0.3 is 5.97 Å². The lowest BCUT2D eigenvalue weighted by Gasteiger charge is -2.39. The van der Waals surface area contributed by atoms with Crippen molar-refractivity contribution in [3.63, 3.8) is 0 Å². The molecule has 1 aromatic heterocycles. The van der Waals surface area contributed by atoms with E-state index in [2.05, 4.69) is 39.2 Å². The van der Waals surface area contributed by atoms with Gasteiger partial charge in [0, 0.05) is 13.1 Å². The Kier molecular flexibility index (Phi) is 5.03. The van der Waals surface area contributed by atoms with Gasteiger partial charge in [0.25, 0.3) is 0 Å². The van der Waals surface area contributed by atoms with Gasteiger partial charge < -0.3 is 5.11 Å². The largest absolute Gasteiger partial charge is 0.481 e. The molecule has 1 fully saturated rings. The topological polar surface area (TPSA) is 40.5 Å². The zero-order valence-electron chi connectivity index (χ0n) is 11.2. The number of carboxylic acid groups (broad SMARTS) is 1. The lowest BCUT2D eigenvalue weighted by Crippen LogP contribution is -2.47. The highest BCUT2D eigenvalue weighted by atomic mass is 79.9. The summed E-state index contributed by atoms with van der Waals surface area (Å²) >= 11 is 5.16. The van der Waals surface area contributed by atoms with Gasteiger partial charge in [-0.05, 0) is 58.7 Å². The molecule has 1 N–H and O–H groups in total. The fraction of sp³-hybridized carbons (Fsp3) is 0.643. The number of hydrogen-bond donors (Lipinski definition) is 1. The van der Waals surface area contributed by atoms with Crippen LogP contribution in [0, 0.1) is 5.41 Å². The van der Waals surface area contributed by atoms with E-state index in [4.69, 9.17) is 0 Å². The molecule has 0 radical (unpaired) electrons. The zero-order chi connectivity index (χ0) is 13.9. The minimum absolute atomic E-state index is 0.528. The predicted molar refractivity (Wildman–Crippen MR) is 81.5 cm³/mol. The third-order valence-corrected chi connectivity index (χ3v) is 5.42. The van der Waals surface area contributed by atoms with Gasteiger partial charge in [0.05, 0.1) is 9.20 Å². The number of nitrogens with zero attached hydrogens (tertiary/aromatic N) is 1. The number of carbonyl (C=O) groups is 1. The molecular formula is C14H20BrNO2S. The van der Waals surface area contributed by atoms with Crippen molar-refractivity contribution in [1.82, 2.24) is 4.90 Å². The minimum Gasteiger partial charge on any atom is -0.481 e. The normalized spacial score (nSPS) is 24.5. The van der Waals surface area contributed by atoms with Gasteiger partial charge in [-0.1, -0.05) is 13.3 Å². The number of thiophene rings is 1. The smallest absolute Gasteiger partial charge is 0.310 e. The SMILES string of the molecule is CCCC1(C(=O)O)CCCN(Cc2csc(Br)c2)C1. The van der Waals surface area contributed by atoms with Crippen LogP contribution in [0.2, 0.25) is 0 Å². The molecule has 1 aromatic rings. The quantitative estimate of drug-likeness (QED) is 0.877. The fourth-order valence-electron chi connectivity index (χ4n) is 3.01. The first kappa shape index (κ1) is 15.0. The first-order valence-corrected chi connectivity index (χ1v) is 8.42. The van der Waals surface area contributed by atoms with E-state index in [0.29, 0.717) is 6.54 Å². The Morgan fingerprint density at radius 3 is 3.00 bits per heavy atom. The van der Waals surface area contributed by atoms with Crippen LogP contribution in [0.15, 0.2) is 15.2 Å². The van der Waals surface area contributed by atoms with Gasteiger partial charge in [0.2, 0.25) is 0 Å². The second kappa shape index (κ2) is 6.37. The summed E-state index contributed by atoms with van der Waals surface area (Å²) in [7, 11) is 0. The van der Waals surface area contributed by atoms with Crippen molar-refractivity contribution in [2.24, 2.45) is 5.41 Å². The van der Waals surface area contributed by atoms with Crippen LogP contribution >= 0.6 is 27.3 Å². The standard InChI is InChI=1S/C14H20BrNO2S/c1-2-4-14(13(17)18)5-3-6-16(10-14)8-11-7-12(15)19-9-11/h7,9H,2-6,8,10H2,1H3,(H,17,18). The van der Waals surface area contributed by atoms with Crippen molar-refractivity contribution >= 4 is 33.2 Å². The van der Waals surface area contributed by atoms with Gasteiger partial charge in [0.15, 0.2) is 0 Å². The predicted octanol–water partition coefficient (Wildman–Crippen LogP) is 3.98. The molecule has 1 atom stereocenters. The van der Waals surface area contributed by atoms with Gasteiger partial charge in [0.1, 0.15) is 0 Å². The molecule has 1 saturated heterocycles. The van der Waals surface area contributed by atoms with Crippen LogP contribution in [0.5, 0.6) is 0 Å². The van der Waals surface area contributed by atoms with Gasteiger partial charge in [-0.2, -0.15) is 0 Å².